The summed E-state index contributed by atoms with van der Waals surface area (Å²) in [7, 11) is 0. The second kappa shape index (κ2) is 8.17. The van der Waals surface area contributed by atoms with Gasteiger partial charge in [-0.1, -0.05) is 26.8 Å². The van der Waals surface area contributed by atoms with Gasteiger partial charge in [-0.3, -0.25) is 9.59 Å². The fourth-order valence-corrected chi connectivity index (χ4v) is 1.92. The van der Waals surface area contributed by atoms with E-state index in [4.69, 9.17) is 5.11 Å². The number of carbonyl (C=O) groups excluding carboxylic acids is 2. The first-order valence-corrected chi connectivity index (χ1v) is 7.27. The van der Waals surface area contributed by atoms with E-state index in [-0.39, 0.29) is 11.8 Å². The first-order valence-electron chi connectivity index (χ1n) is 7.27. The number of hydrogen-bond acceptors (Lipinski definition) is 3. The summed E-state index contributed by atoms with van der Waals surface area (Å²) in [5, 5.41) is 14.3. The summed E-state index contributed by atoms with van der Waals surface area (Å²) in [4.78, 5) is 34.7. The number of benzene rings is 1. The van der Waals surface area contributed by atoms with Crippen molar-refractivity contribution in [2.75, 3.05) is 5.32 Å². The van der Waals surface area contributed by atoms with E-state index in [1.54, 1.807) is 25.1 Å². The Labute approximate surface area is 129 Å². The van der Waals surface area contributed by atoms with Crippen LogP contribution in [0.15, 0.2) is 24.3 Å². The maximum absolute atomic E-state index is 12.2. The van der Waals surface area contributed by atoms with Crippen molar-refractivity contribution in [2.45, 2.75) is 39.7 Å². The molecule has 0 unspecified atom stereocenters. The Morgan fingerprint density at radius 3 is 2.45 bits per heavy atom. The lowest BCUT2D eigenvalue weighted by Crippen LogP contribution is -2.41. The quantitative estimate of drug-likeness (QED) is 0.720. The van der Waals surface area contributed by atoms with E-state index in [0.29, 0.717) is 24.1 Å². The number of hydrogen-bond donors (Lipinski definition) is 3. The number of carboxylic acid groups (broad SMARTS) is 1. The van der Waals surface area contributed by atoms with Crippen LogP contribution in [0.5, 0.6) is 0 Å². The molecule has 1 aromatic carbocycles. The highest BCUT2D eigenvalue weighted by molar-refractivity contribution is 5.98. The molecular weight excluding hydrogens is 284 g/mol. The van der Waals surface area contributed by atoms with E-state index in [2.05, 4.69) is 10.6 Å². The standard InChI is InChI=1S/C16H22N2O4/c1-4-14(19)17-12-7-5-6-11(9-12)15(20)18-13(16(21)22)8-10(2)3/h5-7,9-10,13H,4,8H2,1-3H3,(H,17,19)(H,18,20)(H,21,22)/t13-/m1/s1. The Morgan fingerprint density at radius 1 is 1.23 bits per heavy atom. The third kappa shape index (κ3) is 5.55. The first-order chi connectivity index (χ1) is 10.3. The Morgan fingerprint density at radius 2 is 1.91 bits per heavy atom. The summed E-state index contributed by atoms with van der Waals surface area (Å²) in [5.41, 5.74) is 0.819. The second-order valence-corrected chi connectivity index (χ2v) is 5.48. The Hall–Kier alpha value is -2.37. The molecule has 1 aromatic rings. The second-order valence-electron chi connectivity index (χ2n) is 5.48. The highest BCUT2D eigenvalue weighted by atomic mass is 16.4. The Kier molecular flexibility index (Phi) is 6.56. The predicted molar refractivity (Wildman–Crippen MR) is 83.7 cm³/mol. The summed E-state index contributed by atoms with van der Waals surface area (Å²) in [6.07, 6.45) is 0.694. The lowest BCUT2D eigenvalue weighted by atomic mass is 10.0. The smallest absolute Gasteiger partial charge is 0.326 e. The van der Waals surface area contributed by atoms with E-state index in [1.165, 1.54) is 6.07 Å². The van der Waals surface area contributed by atoms with E-state index in [9.17, 15) is 14.4 Å². The van der Waals surface area contributed by atoms with Gasteiger partial charge in [-0.25, -0.2) is 4.79 Å². The minimum atomic E-state index is -1.06. The van der Waals surface area contributed by atoms with Gasteiger partial charge in [-0.2, -0.15) is 0 Å². The fourth-order valence-electron chi connectivity index (χ4n) is 1.92. The highest BCUT2D eigenvalue weighted by Gasteiger charge is 2.21. The molecule has 0 fully saturated rings. The molecule has 0 saturated heterocycles. The van der Waals surface area contributed by atoms with Crippen molar-refractivity contribution in [3.63, 3.8) is 0 Å². The van der Waals surface area contributed by atoms with Gasteiger partial charge in [-0.15, -0.1) is 0 Å². The number of amides is 2. The summed E-state index contributed by atoms with van der Waals surface area (Å²) < 4.78 is 0. The van der Waals surface area contributed by atoms with E-state index < -0.39 is 17.9 Å². The largest absolute Gasteiger partial charge is 0.480 e. The van der Waals surface area contributed by atoms with Crippen LogP contribution >= 0.6 is 0 Å². The van der Waals surface area contributed by atoms with Gasteiger partial charge in [0.05, 0.1) is 0 Å². The normalized spacial score (nSPS) is 11.8. The molecule has 0 bridgehead atoms. The molecule has 1 rings (SSSR count). The van der Waals surface area contributed by atoms with Crippen LogP contribution < -0.4 is 10.6 Å². The summed E-state index contributed by atoms with van der Waals surface area (Å²) in [5.74, 6) is -1.53. The van der Waals surface area contributed by atoms with E-state index >= 15 is 0 Å². The zero-order valence-electron chi connectivity index (χ0n) is 13.1. The van der Waals surface area contributed by atoms with Crippen molar-refractivity contribution in [3.8, 4) is 0 Å². The Balaban J connectivity index is 2.81. The van der Waals surface area contributed by atoms with Crippen LogP contribution in [0.4, 0.5) is 5.69 Å². The van der Waals surface area contributed by atoms with Gasteiger partial charge in [0.25, 0.3) is 5.91 Å². The molecule has 0 aliphatic rings. The summed E-state index contributed by atoms with van der Waals surface area (Å²) in [6, 6.07) is 5.48. The maximum Gasteiger partial charge on any atom is 0.326 e. The number of carboxylic acids is 1. The van der Waals surface area contributed by atoms with Gasteiger partial charge >= 0.3 is 5.97 Å². The maximum atomic E-state index is 12.2. The zero-order valence-corrected chi connectivity index (χ0v) is 13.1. The third-order valence-corrected chi connectivity index (χ3v) is 3.04. The number of anilines is 1. The molecule has 0 aliphatic heterocycles. The van der Waals surface area contributed by atoms with Gasteiger partial charge in [0.2, 0.25) is 5.91 Å². The molecule has 0 heterocycles. The summed E-state index contributed by atoms with van der Waals surface area (Å²) >= 11 is 0. The van der Waals surface area contributed by atoms with E-state index in [1.807, 2.05) is 13.8 Å². The number of nitrogens with one attached hydrogen (secondary N) is 2. The minimum absolute atomic E-state index is 0.150. The number of carbonyl (C=O) groups is 3. The van der Waals surface area contributed by atoms with Crippen molar-refractivity contribution in [3.05, 3.63) is 29.8 Å². The van der Waals surface area contributed by atoms with Crippen molar-refractivity contribution < 1.29 is 19.5 Å². The van der Waals surface area contributed by atoms with Crippen LogP contribution in [0, 0.1) is 5.92 Å². The van der Waals surface area contributed by atoms with Gasteiger partial charge in [0, 0.05) is 17.7 Å². The molecule has 3 N–H and O–H groups in total. The molecule has 0 spiro atoms. The molecule has 1 atom stereocenters. The van der Waals surface area contributed by atoms with Crippen molar-refractivity contribution in [2.24, 2.45) is 5.92 Å². The monoisotopic (exact) mass is 306 g/mol. The molecule has 0 radical (unpaired) electrons. The van der Waals surface area contributed by atoms with Crippen LogP contribution in [-0.4, -0.2) is 28.9 Å². The van der Waals surface area contributed by atoms with Crippen molar-refractivity contribution >= 4 is 23.5 Å². The number of rotatable bonds is 7. The molecular formula is C16H22N2O4. The molecule has 120 valence electrons. The third-order valence-electron chi connectivity index (χ3n) is 3.04. The van der Waals surface area contributed by atoms with Gasteiger partial charge in [0.1, 0.15) is 6.04 Å². The molecule has 6 heteroatoms. The average molecular weight is 306 g/mol. The van der Waals surface area contributed by atoms with Gasteiger partial charge in [0.15, 0.2) is 0 Å². The van der Waals surface area contributed by atoms with Gasteiger partial charge < -0.3 is 15.7 Å². The SMILES string of the molecule is CCC(=O)Nc1cccc(C(=O)N[C@H](CC(C)C)C(=O)O)c1. The molecule has 22 heavy (non-hydrogen) atoms. The topological polar surface area (TPSA) is 95.5 Å². The van der Waals surface area contributed by atoms with Crippen LogP contribution in [-0.2, 0) is 9.59 Å². The average Bonchev–Trinajstić information content (AvgIpc) is 2.46. The molecule has 0 aromatic heterocycles. The minimum Gasteiger partial charge on any atom is -0.480 e. The lowest BCUT2D eigenvalue weighted by molar-refractivity contribution is -0.139. The molecule has 2 amide bonds. The Bertz CT molecular complexity index is 555. The molecule has 6 nitrogen and oxygen atoms in total. The van der Waals surface area contributed by atoms with Crippen LogP contribution in [0.25, 0.3) is 0 Å². The van der Waals surface area contributed by atoms with E-state index in [0.717, 1.165) is 0 Å². The van der Waals surface area contributed by atoms with Crippen molar-refractivity contribution in [1.82, 2.24) is 5.32 Å². The summed E-state index contributed by atoms with van der Waals surface area (Å²) in [6.45, 7) is 5.52. The predicted octanol–water partition coefficient (Wildman–Crippen LogP) is 2.26. The van der Waals surface area contributed by atoms with Crippen LogP contribution in [0.3, 0.4) is 0 Å². The van der Waals surface area contributed by atoms with Crippen molar-refractivity contribution in [1.29, 1.82) is 0 Å². The first kappa shape index (κ1) is 17.7. The lowest BCUT2D eigenvalue weighted by Gasteiger charge is -2.16. The van der Waals surface area contributed by atoms with Crippen LogP contribution in [0.2, 0.25) is 0 Å². The van der Waals surface area contributed by atoms with Gasteiger partial charge in [-0.05, 0) is 30.5 Å². The molecule has 0 aliphatic carbocycles. The number of aliphatic carboxylic acids is 1. The zero-order chi connectivity index (χ0) is 16.7. The highest BCUT2D eigenvalue weighted by Crippen LogP contribution is 2.12. The molecule has 0 saturated carbocycles. The fraction of sp³-hybridized carbons (Fsp3) is 0.438. The van der Waals surface area contributed by atoms with Crippen LogP contribution in [0.1, 0.15) is 44.0 Å².